The number of ether oxygens (including phenoxy) is 2. The van der Waals surface area contributed by atoms with Crippen molar-refractivity contribution in [2.75, 3.05) is 26.4 Å². The van der Waals surface area contributed by atoms with E-state index in [9.17, 15) is 24.2 Å². The van der Waals surface area contributed by atoms with Crippen molar-refractivity contribution < 1.29 is 47.8 Å². The summed E-state index contributed by atoms with van der Waals surface area (Å²) in [5.41, 5.74) is 0. The van der Waals surface area contributed by atoms with E-state index in [1.807, 2.05) is 12.2 Å². The molecule has 0 aromatic carbocycles. The number of carbonyl (C=O) groups is 2. The molecule has 0 saturated carbocycles. The molecule has 61 heavy (non-hydrogen) atoms. The van der Waals surface area contributed by atoms with Gasteiger partial charge in [0.2, 0.25) is 0 Å². The molecule has 0 fully saturated rings. The minimum atomic E-state index is -4.66. The number of aliphatic hydroxyl groups excluding tert-OH is 2. The number of allylic oxidation sites excluding steroid dienone is 22. The summed E-state index contributed by atoms with van der Waals surface area (Å²) >= 11 is 0. The van der Waals surface area contributed by atoms with Crippen LogP contribution in [0.1, 0.15) is 129 Å². The SMILES string of the molecule is CC/C=C/C/C=C/C/C=C/C/C=C/C/C=C/C/C=C/CCC(=O)OC[C@H](COP(=O)(O)OC[C@@H](O)CO)OC(=O)CCCCC/C=C/C/C=C/C/C=C/C/C=C/C/C=C/CC. The minimum absolute atomic E-state index is 0.0994. The second-order valence-corrected chi connectivity index (χ2v) is 15.4. The predicted octanol–water partition coefficient (Wildman–Crippen LogP) is 12.1. The summed E-state index contributed by atoms with van der Waals surface area (Å²) in [6.45, 7) is 1.99. The monoisotopic (exact) mass is 869 g/mol. The molecule has 0 aliphatic heterocycles. The fraction of sp³-hybridized carbons (Fsp3) is 0.520. The third-order valence-electron chi connectivity index (χ3n) is 8.31. The van der Waals surface area contributed by atoms with Gasteiger partial charge >= 0.3 is 19.8 Å². The largest absolute Gasteiger partial charge is 0.472 e. The molecule has 342 valence electrons. The number of phosphoric acid groups is 1. The Bertz CT molecular complexity index is 1460. The summed E-state index contributed by atoms with van der Waals surface area (Å²) in [6.07, 6.45) is 58.6. The molecule has 0 aliphatic rings. The van der Waals surface area contributed by atoms with Crippen LogP contribution in [0.3, 0.4) is 0 Å². The molecule has 0 spiro atoms. The van der Waals surface area contributed by atoms with Crippen LogP contribution < -0.4 is 0 Å². The molecule has 0 heterocycles. The van der Waals surface area contributed by atoms with Crippen molar-refractivity contribution in [3.8, 4) is 0 Å². The molecule has 0 aromatic heterocycles. The predicted molar refractivity (Wildman–Crippen MR) is 251 cm³/mol. The van der Waals surface area contributed by atoms with Crippen LogP contribution >= 0.6 is 7.82 Å². The summed E-state index contributed by atoms with van der Waals surface area (Å²) < 4.78 is 32.6. The highest BCUT2D eigenvalue weighted by atomic mass is 31.2. The standard InChI is InChI=1S/C50H77O10P/c1-3-5-7-9-11-13-15-17-19-21-23-25-27-29-31-33-35-37-39-41-49(53)57-45-48(46-59-61(55,56)58-44-47(52)43-51)60-50(54)42-40-38-36-34-32-30-28-26-24-22-20-18-16-14-12-10-8-6-4-2/h5-8,11-14,17-20,23-26,29-32,35,37,47-48,51-52H,3-4,9-10,15-16,21-22,27-28,33-34,36,38-46H2,1-2H3,(H,55,56)/b7-5+,8-6+,13-11+,14-12+,19-17+,20-18+,25-23+,26-24+,31-29+,32-30+,37-35+/t47-,48+/m0/s1. The molecule has 0 saturated heterocycles. The molecule has 10 nitrogen and oxygen atoms in total. The normalized spacial score (nSPS) is 15.0. The molecule has 0 bridgehead atoms. The first kappa shape index (κ1) is 57.1. The lowest BCUT2D eigenvalue weighted by atomic mass is 10.1. The minimum Gasteiger partial charge on any atom is -0.462 e. The quantitative estimate of drug-likeness (QED) is 0.0236. The summed E-state index contributed by atoms with van der Waals surface area (Å²) in [6, 6.07) is 0. The number of aliphatic hydroxyl groups is 2. The Morgan fingerprint density at radius 1 is 0.492 bits per heavy atom. The maximum absolute atomic E-state index is 12.6. The van der Waals surface area contributed by atoms with E-state index < -0.39 is 51.8 Å². The highest BCUT2D eigenvalue weighted by Crippen LogP contribution is 2.43. The Labute approximate surface area is 368 Å². The number of rotatable bonds is 39. The van der Waals surface area contributed by atoms with Crippen LogP contribution in [-0.2, 0) is 32.7 Å². The van der Waals surface area contributed by atoms with Gasteiger partial charge in [0.05, 0.1) is 19.8 Å². The highest BCUT2D eigenvalue weighted by Gasteiger charge is 2.27. The summed E-state index contributed by atoms with van der Waals surface area (Å²) in [7, 11) is -4.66. The molecule has 11 heteroatoms. The van der Waals surface area contributed by atoms with Crippen LogP contribution in [0.5, 0.6) is 0 Å². The lowest BCUT2D eigenvalue weighted by Crippen LogP contribution is -2.29. The third-order valence-corrected chi connectivity index (χ3v) is 9.26. The molecule has 0 aliphatic carbocycles. The van der Waals surface area contributed by atoms with Gasteiger partial charge in [0, 0.05) is 12.8 Å². The van der Waals surface area contributed by atoms with Crippen molar-refractivity contribution in [1.29, 1.82) is 0 Å². The molecular formula is C50H77O10P. The average Bonchev–Trinajstić information content (AvgIpc) is 3.25. The fourth-order valence-corrected chi connectivity index (χ4v) is 5.77. The van der Waals surface area contributed by atoms with Crippen LogP contribution in [0.4, 0.5) is 0 Å². The number of unbranched alkanes of at least 4 members (excludes halogenated alkanes) is 3. The first-order chi connectivity index (χ1) is 29.7. The zero-order valence-corrected chi connectivity index (χ0v) is 38.0. The van der Waals surface area contributed by atoms with Gasteiger partial charge in [-0.3, -0.25) is 18.6 Å². The van der Waals surface area contributed by atoms with Gasteiger partial charge in [-0.15, -0.1) is 0 Å². The molecule has 3 N–H and O–H groups in total. The topological polar surface area (TPSA) is 149 Å². The zero-order valence-electron chi connectivity index (χ0n) is 37.1. The van der Waals surface area contributed by atoms with Crippen LogP contribution in [0.15, 0.2) is 134 Å². The van der Waals surface area contributed by atoms with Crippen molar-refractivity contribution in [3.63, 3.8) is 0 Å². The van der Waals surface area contributed by atoms with Gasteiger partial charge in [0.1, 0.15) is 12.7 Å². The Hall–Kier alpha value is -3.89. The average molecular weight is 869 g/mol. The van der Waals surface area contributed by atoms with Crippen molar-refractivity contribution >= 4 is 19.8 Å². The van der Waals surface area contributed by atoms with Gasteiger partial charge < -0.3 is 24.6 Å². The van der Waals surface area contributed by atoms with E-state index in [1.165, 1.54) is 0 Å². The molecule has 0 amide bonds. The second kappa shape index (κ2) is 44.2. The van der Waals surface area contributed by atoms with Crippen molar-refractivity contribution in [2.24, 2.45) is 0 Å². The summed E-state index contributed by atoms with van der Waals surface area (Å²) in [4.78, 5) is 35.0. The Kier molecular flexibility index (Phi) is 41.4. The lowest BCUT2D eigenvalue weighted by Gasteiger charge is -2.20. The van der Waals surface area contributed by atoms with Crippen molar-refractivity contribution in [2.45, 2.75) is 142 Å². The van der Waals surface area contributed by atoms with E-state index in [4.69, 9.17) is 19.1 Å². The van der Waals surface area contributed by atoms with E-state index in [2.05, 4.69) is 140 Å². The molecule has 0 aromatic rings. The van der Waals surface area contributed by atoms with Crippen LogP contribution in [0.25, 0.3) is 0 Å². The number of hydrogen-bond acceptors (Lipinski definition) is 9. The van der Waals surface area contributed by atoms with E-state index in [0.29, 0.717) is 12.8 Å². The number of carbonyl (C=O) groups excluding carboxylic acids is 2. The van der Waals surface area contributed by atoms with Crippen molar-refractivity contribution in [3.05, 3.63) is 134 Å². The molecule has 0 rings (SSSR count). The van der Waals surface area contributed by atoms with Crippen LogP contribution in [0, 0.1) is 0 Å². The Morgan fingerprint density at radius 2 is 0.885 bits per heavy atom. The van der Waals surface area contributed by atoms with Gasteiger partial charge in [0.25, 0.3) is 0 Å². The summed E-state index contributed by atoms with van der Waals surface area (Å²) in [5.74, 6) is -1.08. The molecular weight excluding hydrogens is 792 g/mol. The molecule has 1 unspecified atom stereocenters. The number of esters is 2. The van der Waals surface area contributed by atoms with Gasteiger partial charge in [-0.05, 0) is 96.3 Å². The van der Waals surface area contributed by atoms with Gasteiger partial charge in [-0.1, -0.05) is 154 Å². The maximum atomic E-state index is 12.6. The first-order valence-electron chi connectivity index (χ1n) is 22.1. The van der Waals surface area contributed by atoms with Gasteiger partial charge in [0.15, 0.2) is 6.10 Å². The number of phosphoric ester groups is 1. The Morgan fingerprint density at radius 3 is 1.31 bits per heavy atom. The zero-order chi connectivity index (χ0) is 44.8. The van der Waals surface area contributed by atoms with E-state index in [-0.39, 0.29) is 19.4 Å². The smallest absolute Gasteiger partial charge is 0.462 e. The lowest BCUT2D eigenvalue weighted by molar-refractivity contribution is -0.161. The highest BCUT2D eigenvalue weighted by molar-refractivity contribution is 7.47. The van der Waals surface area contributed by atoms with Gasteiger partial charge in [-0.2, -0.15) is 0 Å². The molecule has 0 radical (unpaired) electrons. The maximum Gasteiger partial charge on any atom is 0.472 e. The first-order valence-corrected chi connectivity index (χ1v) is 23.6. The Balaban J connectivity index is 4.50. The summed E-state index contributed by atoms with van der Waals surface area (Å²) in [5, 5.41) is 18.3. The van der Waals surface area contributed by atoms with Crippen molar-refractivity contribution in [1.82, 2.24) is 0 Å². The third kappa shape index (κ3) is 44.0. The van der Waals surface area contributed by atoms with E-state index in [0.717, 1.165) is 89.9 Å². The van der Waals surface area contributed by atoms with Crippen LogP contribution in [0.2, 0.25) is 0 Å². The van der Waals surface area contributed by atoms with E-state index >= 15 is 0 Å². The van der Waals surface area contributed by atoms with E-state index in [1.54, 1.807) is 0 Å². The number of hydrogen-bond donors (Lipinski definition) is 3. The van der Waals surface area contributed by atoms with Crippen LogP contribution in [-0.4, -0.2) is 65.7 Å². The second-order valence-electron chi connectivity index (χ2n) is 14.0. The molecule has 3 atom stereocenters. The van der Waals surface area contributed by atoms with Gasteiger partial charge in [-0.25, -0.2) is 4.57 Å². The fourth-order valence-electron chi connectivity index (χ4n) is 4.98.